The molecule has 2 rings (SSSR count). The fourth-order valence-electron chi connectivity index (χ4n) is 2.87. The van der Waals surface area contributed by atoms with Gasteiger partial charge in [0.05, 0.1) is 0 Å². The van der Waals surface area contributed by atoms with Gasteiger partial charge in [-0.1, -0.05) is 81.6 Å². The number of nitrogens with zero attached hydrogens (tertiary/aromatic N) is 1. The highest BCUT2D eigenvalue weighted by Gasteiger charge is 2.25. The van der Waals surface area contributed by atoms with Crippen LogP contribution in [-0.2, 0) is 4.79 Å². The van der Waals surface area contributed by atoms with Crippen LogP contribution in [0.4, 0.5) is 8.78 Å². The van der Waals surface area contributed by atoms with Gasteiger partial charge in [0, 0.05) is 29.2 Å². The van der Waals surface area contributed by atoms with E-state index in [9.17, 15) is 13.6 Å². The number of ketones is 1. The third-order valence-corrected chi connectivity index (χ3v) is 6.28. The number of hydrogen-bond donors (Lipinski definition) is 0. The van der Waals surface area contributed by atoms with Crippen molar-refractivity contribution in [3.8, 4) is 0 Å². The zero-order chi connectivity index (χ0) is 28.3. The molecular weight excluding hydrogens is 520 g/mol. The highest BCUT2D eigenvalue weighted by molar-refractivity contribution is 9.10. The number of carbonyl (C=O) groups excluding carboxylic acids is 1. The van der Waals surface area contributed by atoms with Crippen molar-refractivity contribution in [1.82, 2.24) is 4.98 Å². The molecule has 0 radical (unpaired) electrons. The van der Waals surface area contributed by atoms with Crippen LogP contribution >= 0.6 is 15.9 Å². The number of unbranched alkanes of at least 4 members (excludes halogenated alkanes) is 2. The standard InChI is InChI=1S/C9H11Br.C9H18F2.C9H13N.C4H6O/c1-6-4-8(3)9(10)5-7(6)2;1-3-5-6-8-9(10,11)7-4-2;1-7(2)9-5-4-8(3)10-6-9;1-3-4(2)5/h4-5H,1-3H3;3-8H2,1-2H3;4-7H,1-3H3;3H,1H2,2H3. The largest absolute Gasteiger partial charge is 0.295 e. The Balaban J connectivity index is 0. The quantitative estimate of drug-likeness (QED) is 0.234. The molecule has 0 N–H and O–H groups in total. The minimum atomic E-state index is -2.40. The van der Waals surface area contributed by atoms with E-state index in [-0.39, 0.29) is 18.6 Å². The van der Waals surface area contributed by atoms with Crippen LogP contribution in [0, 0.1) is 27.7 Å². The number of rotatable bonds is 8. The first-order valence-electron chi connectivity index (χ1n) is 12.9. The minimum Gasteiger partial charge on any atom is -0.295 e. The lowest BCUT2D eigenvalue weighted by atomic mass is 10.1. The van der Waals surface area contributed by atoms with Crippen molar-refractivity contribution in [2.24, 2.45) is 0 Å². The zero-order valence-corrected chi connectivity index (χ0v) is 25.6. The van der Waals surface area contributed by atoms with Crippen molar-refractivity contribution in [3.63, 3.8) is 0 Å². The monoisotopic (exact) mass is 567 g/mol. The average Bonchev–Trinajstić information content (AvgIpc) is 2.79. The summed E-state index contributed by atoms with van der Waals surface area (Å²) >= 11 is 3.48. The van der Waals surface area contributed by atoms with Gasteiger partial charge in [-0.05, 0) is 87.4 Å². The van der Waals surface area contributed by atoms with Gasteiger partial charge in [0.15, 0.2) is 5.78 Å². The van der Waals surface area contributed by atoms with Crippen molar-refractivity contribution < 1.29 is 13.6 Å². The van der Waals surface area contributed by atoms with Gasteiger partial charge in [-0.25, -0.2) is 8.78 Å². The molecule has 0 aliphatic carbocycles. The maximum atomic E-state index is 12.7. The number of aromatic nitrogens is 1. The Hall–Kier alpha value is -1.88. The molecule has 0 fully saturated rings. The van der Waals surface area contributed by atoms with Gasteiger partial charge in [0.2, 0.25) is 5.92 Å². The molecule has 0 saturated carbocycles. The Morgan fingerprint density at radius 2 is 1.56 bits per heavy atom. The molecule has 0 unspecified atom stereocenters. The van der Waals surface area contributed by atoms with E-state index in [1.807, 2.05) is 20.0 Å². The fraction of sp³-hybridized carbons (Fsp3) is 0.548. The van der Waals surface area contributed by atoms with E-state index in [4.69, 9.17) is 0 Å². The summed E-state index contributed by atoms with van der Waals surface area (Å²) in [6.45, 7) is 21.2. The first-order valence-corrected chi connectivity index (χ1v) is 13.7. The third-order valence-electron chi connectivity index (χ3n) is 5.43. The Morgan fingerprint density at radius 3 is 1.94 bits per heavy atom. The number of alkyl halides is 2. The highest BCUT2D eigenvalue weighted by Crippen LogP contribution is 2.26. The first-order chi connectivity index (χ1) is 16.7. The van der Waals surface area contributed by atoms with E-state index in [2.05, 4.69) is 86.4 Å². The zero-order valence-electron chi connectivity index (χ0n) is 24.0. The van der Waals surface area contributed by atoms with Crippen LogP contribution < -0.4 is 0 Å². The van der Waals surface area contributed by atoms with Gasteiger partial charge in [0.1, 0.15) is 0 Å². The summed E-state index contributed by atoms with van der Waals surface area (Å²) in [5.74, 6) is -1.79. The normalized spacial score (nSPS) is 10.2. The number of allylic oxidation sites excluding steroid dienone is 1. The molecular formula is C31H48BrF2NO. The maximum absolute atomic E-state index is 12.7. The number of benzene rings is 1. The molecule has 2 nitrogen and oxygen atoms in total. The lowest BCUT2D eigenvalue weighted by molar-refractivity contribution is -0.112. The fourth-order valence-corrected chi connectivity index (χ4v) is 3.33. The smallest absolute Gasteiger partial charge is 0.248 e. The molecule has 0 bridgehead atoms. The third kappa shape index (κ3) is 19.3. The van der Waals surface area contributed by atoms with E-state index in [1.54, 1.807) is 6.92 Å². The van der Waals surface area contributed by atoms with E-state index >= 15 is 0 Å². The van der Waals surface area contributed by atoms with E-state index in [0.29, 0.717) is 18.8 Å². The van der Waals surface area contributed by atoms with Crippen LogP contribution in [0.5, 0.6) is 0 Å². The van der Waals surface area contributed by atoms with Crippen molar-refractivity contribution in [2.45, 2.75) is 113 Å². The molecule has 0 atom stereocenters. The molecule has 0 aliphatic rings. The number of pyridine rings is 1. The van der Waals surface area contributed by atoms with E-state index in [0.717, 1.165) is 18.5 Å². The van der Waals surface area contributed by atoms with Gasteiger partial charge in [-0.2, -0.15) is 0 Å². The van der Waals surface area contributed by atoms with Crippen LogP contribution in [0.3, 0.4) is 0 Å². The number of hydrogen-bond acceptors (Lipinski definition) is 2. The number of aryl methyl sites for hydroxylation is 4. The predicted molar refractivity (Wildman–Crippen MR) is 156 cm³/mol. The van der Waals surface area contributed by atoms with Gasteiger partial charge in [0.25, 0.3) is 0 Å². The molecule has 0 spiro atoms. The average molecular weight is 569 g/mol. The lowest BCUT2D eigenvalue weighted by Crippen LogP contribution is -2.14. The van der Waals surface area contributed by atoms with Gasteiger partial charge in [-0.3, -0.25) is 9.78 Å². The summed E-state index contributed by atoms with van der Waals surface area (Å²) in [5.41, 5.74) is 6.41. The Bertz CT molecular complexity index is 827. The molecule has 0 aliphatic heterocycles. The van der Waals surface area contributed by atoms with Crippen molar-refractivity contribution >= 4 is 21.7 Å². The van der Waals surface area contributed by atoms with Gasteiger partial charge >= 0.3 is 0 Å². The molecule has 1 aromatic carbocycles. The molecule has 36 heavy (non-hydrogen) atoms. The molecule has 5 heteroatoms. The predicted octanol–water partition coefficient (Wildman–Crippen LogP) is 10.7. The van der Waals surface area contributed by atoms with Crippen LogP contribution in [0.15, 0.2) is 47.6 Å². The Kier molecular flexibility index (Phi) is 20.4. The van der Waals surface area contributed by atoms with E-state index < -0.39 is 5.92 Å². The summed E-state index contributed by atoms with van der Waals surface area (Å²) in [6.07, 6.45) is 6.55. The summed E-state index contributed by atoms with van der Waals surface area (Å²) < 4.78 is 26.7. The second-order valence-electron chi connectivity index (χ2n) is 9.45. The van der Waals surface area contributed by atoms with Crippen LogP contribution in [0.25, 0.3) is 0 Å². The highest BCUT2D eigenvalue weighted by atomic mass is 79.9. The SMILES string of the molecule is C=CC(C)=O.CCCCCC(F)(F)CCC.Cc1cc(C)c(Br)cc1C.Cc1ccc(C(C)C)cn1. The minimum absolute atomic E-state index is 0.0185. The maximum Gasteiger partial charge on any atom is 0.248 e. The first kappa shape index (κ1) is 36.3. The summed E-state index contributed by atoms with van der Waals surface area (Å²) in [6, 6.07) is 8.53. The van der Waals surface area contributed by atoms with Crippen LogP contribution in [-0.4, -0.2) is 16.7 Å². The Labute approximate surface area is 228 Å². The molecule has 0 saturated heterocycles. The van der Waals surface area contributed by atoms with Crippen LogP contribution in [0.1, 0.15) is 107 Å². The molecule has 2 aromatic rings. The van der Waals surface area contributed by atoms with Crippen molar-refractivity contribution in [1.29, 1.82) is 0 Å². The summed E-state index contributed by atoms with van der Waals surface area (Å²) in [4.78, 5) is 13.9. The summed E-state index contributed by atoms with van der Waals surface area (Å²) in [7, 11) is 0. The molecule has 0 amide bonds. The molecule has 1 aromatic heterocycles. The van der Waals surface area contributed by atoms with Crippen LogP contribution in [0.2, 0.25) is 0 Å². The number of halogens is 3. The molecule has 204 valence electrons. The van der Waals surface area contributed by atoms with Gasteiger partial charge < -0.3 is 0 Å². The van der Waals surface area contributed by atoms with E-state index in [1.165, 1.54) is 39.7 Å². The van der Waals surface area contributed by atoms with Crippen molar-refractivity contribution in [2.75, 3.05) is 0 Å². The van der Waals surface area contributed by atoms with Crippen molar-refractivity contribution in [3.05, 3.63) is 75.5 Å². The number of carbonyl (C=O) groups is 1. The second kappa shape index (κ2) is 20.2. The van der Waals surface area contributed by atoms with Gasteiger partial charge in [-0.15, -0.1) is 0 Å². The topological polar surface area (TPSA) is 30.0 Å². The Morgan fingerprint density at radius 1 is 1.00 bits per heavy atom. The second-order valence-corrected chi connectivity index (χ2v) is 10.3. The lowest BCUT2D eigenvalue weighted by Gasteiger charge is -2.14. The molecule has 1 heterocycles. The summed E-state index contributed by atoms with van der Waals surface area (Å²) in [5, 5.41) is 0.